The number of nitrogens with one attached hydrogen (secondary N) is 2. The molecule has 10 heteroatoms. The highest BCUT2D eigenvalue weighted by Gasteiger charge is 2.17. The van der Waals surface area contributed by atoms with Crippen molar-refractivity contribution in [1.29, 1.82) is 0 Å². The predicted molar refractivity (Wildman–Crippen MR) is 158 cm³/mol. The molecule has 4 rings (SSSR count). The van der Waals surface area contributed by atoms with Gasteiger partial charge in [0.1, 0.15) is 11.6 Å². The van der Waals surface area contributed by atoms with Gasteiger partial charge in [-0.05, 0) is 66.4 Å². The van der Waals surface area contributed by atoms with Gasteiger partial charge in [0.05, 0.1) is 6.10 Å². The van der Waals surface area contributed by atoms with Crippen LogP contribution in [0.1, 0.15) is 40.2 Å². The first kappa shape index (κ1) is 28.8. The van der Waals surface area contributed by atoms with Gasteiger partial charge in [-0.15, -0.1) is 0 Å². The van der Waals surface area contributed by atoms with Crippen molar-refractivity contribution < 1.29 is 23.4 Å². The smallest absolute Gasteiger partial charge is 0.352 e. The maximum atomic E-state index is 12.1. The number of carbonyl (C=O) groups is 1. The number of anilines is 1. The van der Waals surface area contributed by atoms with Crippen LogP contribution in [0.2, 0.25) is 0 Å². The lowest BCUT2D eigenvalue weighted by Crippen LogP contribution is -2.32. The standard InChI is InChI=1S/C29H32BrN3O5S/c1-19(31-16-28(34)23-6-4-7-24(30)14-23)11-20-9-10-22-15-27(29(35)36)33(26(22)13-20)17-21-5-3-8-25(12-21)32-18-39(2,37)38/h3-10,12-15,19,28,31-32,34H,11,16-18H2,1-2H3,(H,35,36). The van der Waals surface area contributed by atoms with E-state index in [0.29, 0.717) is 25.2 Å². The van der Waals surface area contributed by atoms with E-state index in [2.05, 4.69) is 33.5 Å². The molecule has 1 aromatic heterocycles. The molecule has 2 unspecified atom stereocenters. The van der Waals surface area contributed by atoms with Gasteiger partial charge in [0.25, 0.3) is 0 Å². The summed E-state index contributed by atoms with van der Waals surface area (Å²) in [6.45, 7) is 2.77. The van der Waals surface area contributed by atoms with Crippen LogP contribution >= 0.6 is 15.9 Å². The molecule has 206 valence electrons. The van der Waals surface area contributed by atoms with Gasteiger partial charge < -0.3 is 25.4 Å². The summed E-state index contributed by atoms with van der Waals surface area (Å²) in [6.07, 6.45) is 1.22. The van der Waals surface area contributed by atoms with E-state index in [0.717, 1.165) is 38.3 Å². The number of fused-ring (bicyclic) bond motifs is 1. The third kappa shape index (κ3) is 7.92. The van der Waals surface area contributed by atoms with Crippen LogP contribution in [0.5, 0.6) is 0 Å². The molecule has 0 saturated heterocycles. The Morgan fingerprint density at radius 3 is 2.51 bits per heavy atom. The molecule has 0 bridgehead atoms. The number of aromatic carboxylic acids is 1. The highest BCUT2D eigenvalue weighted by atomic mass is 79.9. The summed E-state index contributed by atoms with van der Waals surface area (Å²) in [7, 11) is -3.19. The lowest BCUT2D eigenvalue weighted by atomic mass is 10.0. The summed E-state index contributed by atoms with van der Waals surface area (Å²) in [4.78, 5) is 12.1. The molecule has 0 aliphatic heterocycles. The van der Waals surface area contributed by atoms with Crippen LogP contribution < -0.4 is 10.6 Å². The third-order valence-electron chi connectivity index (χ3n) is 6.43. The Balaban J connectivity index is 1.51. The van der Waals surface area contributed by atoms with E-state index in [9.17, 15) is 23.4 Å². The van der Waals surface area contributed by atoms with Crippen molar-refractivity contribution in [2.75, 3.05) is 24.0 Å². The molecule has 0 radical (unpaired) electrons. The summed E-state index contributed by atoms with van der Waals surface area (Å²) < 4.78 is 25.7. The number of aromatic nitrogens is 1. The van der Waals surface area contributed by atoms with Gasteiger partial charge in [-0.3, -0.25) is 0 Å². The molecular formula is C29H32BrN3O5S. The summed E-state index contributed by atoms with van der Waals surface area (Å²) in [5.74, 6) is -1.20. The quantitative estimate of drug-likeness (QED) is 0.181. The van der Waals surface area contributed by atoms with Gasteiger partial charge in [-0.25, -0.2) is 13.2 Å². The molecule has 0 spiro atoms. The van der Waals surface area contributed by atoms with E-state index >= 15 is 0 Å². The molecule has 0 fully saturated rings. The fourth-order valence-electron chi connectivity index (χ4n) is 4.52. The van der Waals surface area contributed by atoms with Crippen molar-refractivity contribution in [2.24, 2.45) is 0 Å². The number of sulfone groups is 1. The highest BCUT2D eigenvalue weighted by molar-refractivity contribution is 9.10. The summed E-state index contributed by atoms with van der Waals surface area (Å²) in [6, 6.07) is 22.6. The van der Waals surface area contributed by atoms with Gasteiger partial charge >= 0.3 is 5.97 Å². The zero-order chi connectivity index (χ0) is 28.2. The van der Waals surface area contributed by atoms with Gasteiger partial charge in [0, 0.05) is 46.5 Å². The Morgan fingerprint density at radius 1 is 1.03 bits per heavy atom. The first-order valence-electron chi connectivity index (χ1n) is 12.5. The molecule has 0 amide bonds. The summed E-state index contributed by atoms with van der Waals surface area (Å²) in [5.41, 5.74) is 4.35. The number of carboxylic acid groups (broad SMARTS) is 1. The molecular weight excluding hydrogens is 582 g/mol. The van der Waals surface area contributed by atoms with Crippen molar-refractivity contribution in [3.05, 3.63) is 99.7 Å². The predicted octanol–water partition coefficient (Wildman–Crippen LogP) is 4.82. The molecule has 1 heterocycles. The van der Waals surface area contributed by atoms with Gasteiger partial charge in [0.2, 0.25) is 0 Å². The number of aliphatic hydroxyl groups excluding tert-OH is 1. The van der Waals surface area contributed by atoms with E-state index in [1.807, 2.05) is 60.7 Å². The second kappa shape index (κ2) is 12.3. The zero-order valence-corrected chi connectivity index (χ0v) is 24.2. The fraction of sp³-hybridized carbons (Fsp3) is 0.276. The Kier molecular flexibility index (Phi) is 9.12. The number of carboxylic acids is 1. The second-order valence-electron chi connectivity index (χ2n) is 9.85. The van der Waals surface area contributed by atoms with Crippen LogP contribution in [0.4, 0.5) is 5.69 Å². The van der Waals surface area contributed by atoms with Crippen molar-refractivity contribution in [3.8, 4) is 0 Å². The van der Waals surface area contributed by atoms with E-state index in [1.165, 1.54) is 0 Å². The minimum absolute atomic E-state index is 0.0733. The summed E-state index contributed by atoms with van der Waals surface area (Å²) in [5, 5.41) is 27.5. The number of halogens is 1. The topological polar surface area (TPSA) is 121 Å². The average Bonchev–Trinajstić information content (AvgIpc) is 3.24. The molecule has 8 nitrogen and oxygen atoms in total. The third-order valence-corrected chi connectivity index (χ3v) is 7.59. The minimum atomic E-state index is -3.19. The van der Waals surface area contributed by atoms with Crippen molar-refractivity contribution in [2.45, 2.75) is 32.0 Å². The molecule has 2 atom stereocenters. The zero-order valence-electron chi connectivity index (χ0n) is 21.8. The maximum Gasteiger partial charge on any atom is 0.352 e. The number of benzene rings is 3. The van der Waals surface area contributed by atoms with Crippen molar-refractivity contribution in [1.82, 2.24) is 9.88 Å². The molecule has 0 aliphatic carbocycles. The van der Waals surface area contributed by atoms with Gasteiger partial charge in [-0.1, -0.05) is 52.3 Å². The normalized spacial score (nSPS) is 13.3. The van der Waals surface area contributed by atoms with E-state index < -0.39 is 21.9 Å². The molecule has 3 aromatic carbocycles. The lowest BCUT2D eigenvalue weighted by Gasteiger charge is -2.18. The molecule has 4 aromatic rings. The molecule has 0 saturated carbocycles. The Bertz CT molecular complexity index is 1590. The van der Waals surface area contributed by atoms with E-state index in [-0.39, 0.29) is 17.6 Å². The molecule has 0 aliphatic rings. The first-order valence-corrected chi connectivity index (χ1v) is 15.4. The van der Waals surface area contributed by atoms with Crippen LogP contribution in [0.25, 0.3) is 10.9 Å². The van der Waals surface area contributed by atoms with E-state index in [1.54, 1.807) is 16.7 Å². The number of nitrogens with zero attached hydrogens (tertiary/aromatic N) is 1. The monoisotopic (exact) mass is 613 g/mol. The van der Waals surface area contributed by atoms with Crippen LogP contribution in [-0.4, -0.2) is 53.9 Å². The second-order valence-corrected chi connectivity index (χ2v) is 12.9. The Labute approximate surface area is 236 Å². The van der Waals surface area contributed by atoms with Gasteiger partial charge in [-0.2, -0.15) is 0 Å². The van der Waals surface area contributed by atoms with Gasteiger partial charge in [0.15, 0.2) is 9.84 Å². The van der Waals surface area contributed by atoms with Crippen LogP contribution in [0, 0.1) is 0 Å². The van der Waals surface area contributed by atoms with Crippen LogP contribution in [0.15, 0.2) is 77.3 Å². The minimum Gasteiger partial charge on any atom is -0.477 e. The number of rotatable bonds is 12. The Hall–Kier alpha value is -3.18. The van der Waals surface area contributed by atoms with Crippen LogP contribution in [-0.2, 0) is 22.8 Å². The average molecular weight is 615 g/mol. The van der Waals surface area contributed by atoms with Crippen molar-refractivity contribution >= 4 is 48.3 Å². The number of aliphatic hydroxyl groups is 1. The number of hydrogen-bond donors (Lipinski definition) is 4. The van der Waals surface area contributed by atoms with E-state index in [4.69, 9.17) is 0 Å². The Morgan fingerprint density at radius 2 is 1.79 bits per heavy atom. The maximum absolute atomic E-state index is 12.1. The SMILES string of the molecule is CC(Cc1ccc2cc(C(=O)O)n(Cc3cccc(NCS(C)(=O)=O)c3)c2c1)NCC(O)c1cccc(Br)c1. The highest BCUT2D eigenvalue weighted by Crippen LogP contribution is 2.25. The number of hydrogen-bond acceptors (Lipinski definition) is 6. The molecule has 4 N–H and O–H groups in total. The fourth-order valence-corrected chi connectivity index (χ4v) is 5.37. The van der Waals surface area contributed by atoms with Crippen molar-refractivity contribution in [3.63, 3.8) is 0 Å². The largest absolute Gasteiger partial charge is 0.477 e. The first-order chi connectivity index (χ1) is 18.5. The summed E-state index contributed by atoms with van der Waals surface area (Å²) >= 11 is 3.43. The van der Waals surface area contributed by atoms with Crippen LogP contribution in [0.3, 0.4) is 0 Å². The molecule has 39 heavy (non-hydrogen) atoms. The lowest BCUT2D eigenvalue weighted by molar-refractivity contribution is 0.0686.